The second-order valence-corrected chi connectivity index (χ2v) is 6.10. The lowest BCUT2D eigenvalue weighted by molar-refractivity contribution is -0.0433. The van der Waals surface area contributed by atoms with Gasteiger partial charge in [0.05, 0.1) is 11.3 Å². The lowest BCUT2D eigenvalue weighted by Crippen LogP contribution is -2.50. The van der Waals surface area contributed by atoms with E-state index in [4.69, 9.17) is 10.5 Å². The molecule has 0 bridgehead atoms. The molecule has 0 aromatic carbocycles. The van der Waals surface area contributed by atoms with E-state index in [0.29, 0.717) is 0 Å². The van der Waals surface area contributed by atoms with E-state index in [1.54, 1.807) is 0 Å². The Bertz CT molecular complexity index is 419. The average molecular weight is 279 g/mol. The molecule has 4 heteroatoms. The molecular weight excluding hydrogens is 250 g/mol. The largest absolute Gasteiger partial charge is 0.377 e. The summed E-state index contributed by atoms with van der Waals surface area (Å²) in [6.45, 7) is 2.13. The minimum absolute atomic E-state index is 0.0470. The van der Waals surface area contributed by atoms with E-state index < -0.39 is 0 Å². The number of nitrogens with two attached hydrogens (primary N) is 1. The zero-order valence-electron chi connectivity index (χ0n) is 13.2. The fourth-order valence-corrected chi connectivity index (χ4v) is 3.40. The van der Waals surface area contributed by atoms with Gasteiger partial charge in [0, 0.05) is 32.3 Å². The molecule has 4 nitrogen and oxygen atoms in total. The molecule has 114 valence electrons. The molecular formula is C16H29N3O. The number of hydrogen-bond donors (Lipinski definition) is 1. The van der Waals surface area contributed by atoms with Crippen molar-refractivity contribution in [3.05, 3.63) is 17.5 Å². The molecule has 1 saturated carbocycles. The zero-order chi connectivity index (χ0) is 14.6. The van der Waals surface area contributed by atoms with Crippen LogP contribution in [0.3, 0.4) is 0 Å². The second-order valence-electron chi connectivity index (χ2n) is 6.10. The Morgan fingerprint density at radius 3 is 2.50 bits per heavy atom. The van der Waals surface area contributed by atoms with Crippen molar-refractivity contribution >= 4 is 0 Å². The van der Waals surface area contributed by atoms with Crippen LogP contribution in [0.25, 0.3) is 0 Å². The Balaban J connectivity index is 2.11. The molecule has 20 heavy (non-hydrogen) atoms. The summed E-state index contributed by atoms with van der Waals surface area (Å²) >= 11 is 0. The van der Waals surface area contributed by atoms with Crippen LogP contribution in [0.2, 0.25) is 0 Å². The van der Waals surface area contributed by atoms with Gasteiger partial charge < -0.3 is 10.5 Å². The summed E-state index contributed by atoms with van der Waals surface area (Å²) in [4.78, 5) is 0. The predicted octanol–water partition coefficient (Wildman–Crippen LogP) is 2.59. The summed E-state index contributed by atoms with van der Waals surface area (Å²) in [5.41, 5.74) is 8.76. The van der Waals surface area contributed by atoms with E-state index in [2.05, 4.69) is 18.1 Å². The van der Waals surface area contributed by atoms with E-state index in [-0.39, 0.29) is 11.6 Å². The lowest BCUT2D eigenvalue weighted by atomic mass is 9.84. The third-order valence-corrected chi connectivity index (χ3v) is 4.85. The van der Waals surface area contributed by atoms with Crippen LogP contribution >= 0.6 is 0 Å². The molecule has 1 aromatic heterocycles. The van der Waals surface area contributed by atoms with Gasteiger partial charge in [0.25, 0.3) is 0 Å². The Kier molecular flexibility index (Phi) is 5.22. The van der Waals surface area contributed by atoms with Crippen molar-refractivity contribution in [2.24, 2.45) is 12.8 Å². The summed E-state index contributed by atoms with van der Waals surface area (Å²) in [6, 6.07) is 2.23. The fourth-order valence-electron chi connectivity index (χ4n) is 3.40. The minimum Gasteiger partial charge on any atom is -0.377 e. The first-order valence-corrected chi connectivity index (χ1v) is 7.94. The summed E-state index contributed by atoms with van der Waals surface area (Å²) in [7, 11) is 3.83. The van der Waals surface area contributed by atoms with Crippen LogP contribution < -0.4 is 5.73 Å². The van der Waals surface area contributed by atoms with E-state index in [0.717, 1.165) is 31.4 Å². The van der Waals surface area contributed by atoms with Crippen LogP contribution in [0, 0.1) is 0 Å². The van der Waals surface area contributed by atoms with Crippen molar-refractivity contribution in [3.63, 3.8) is 0 Å². The third kappa shape index (κ3) is 3.23. The number of rotatable bonds is 5. The fraction of sp³-hybridized carbons (Fsp3) is 0.812. The second kappa shape index (κ2) is 6.72. The van der Waals surface area contributed by atoms with Crippen LogP contribution in [-0.2, 0) is 24.6 Å². The maximum Gasteiger partial charge on any atom is 0.0832 e. The first-order valence-electron chi connectivity index (χ1n) is 7.94. The number of methoxy groups -OCH3 is 1. The van der Waals surface area contributed by atoms with Crippen molar-refractivity contribution in [3.8, 4) is 0 Å². The smallest absolute Gasteiger partial charge is 0.0832 e. The van der Waals surface area contributed by atoms with Crippen molar-refractivity contribution in [1.29, 1.82) is 0 Å². The zero-order valence-corrected chi connectivity index (χ0v) is 13.2. The minimum atomic E-state index is -0.146. The Morgan fingerprint density at radius 2 is 2.00 bits per heavy atom. The highest BCUT2D eigenvalue weighted by Crippen LogP contribution is 2.33. The van der Waals surface area contributed by atoms with Gasteiger partial charge in [0.1, 0.15) is 0 Å². The molecule has 2 N–H and O–H groups in total. The summed E-state index contributed by atoms with van der Waals surface area (Å²) < 4.78 is 7.88. The highest BCUT2D eigenvalue weighted by Gasteiger charge is 2.37. The lowest BCUT2D eigenvalue weighted by Gasteiger charge is -2.37. The average Bonchev–Trinajstić information content (AvgIpc) is 2.68. The van der Waals surface area contributed by atoms with Gasteiger partial charge in [-0.2, -0.15) is 5.10 Å². The highest BCUT2D eigenvalue weighted by molar-refractivity contribution is 5.13. The van der Waals surface area contributed by atoms with Gasteiger partial charge in [-0.1, -0.05) is 32.6 Å². The quantitative estimate of drug-likeness (QED) is 0.843. The van der Waals surface area contributed by atoms with Crippen LogP contribution in [0.1, 0.15) is 56.8 Å². The molecule has 1 aromatic rings. The number of aryl methyl sites for hydroxylation is 2. The number of ether oxygens (including phenoxy) is 1. The van der Waals surface area contributed by atoms with Gasteiger partial charge in [-0.05, 0) is 25.3 Å². The Labute approximate surface area is 122 Å². The molecule has 1 unspecified atom stereocenters. The summed E-state index contributed by atoms with van der Waals surface area (Å²) in [6.07, 6.45) is 9.06. The monoisotopic (exact) mass is 279 g/mol. The topological polar surface area (TPSA) is 53.1 Å². The summed E-state index contributed by atoms with van der Waals surface area (Å²) in [5.74, 6) is 0. The number of aromatic nitrogens is 2. The van der Waals surface area contributed by atoms with Gasteiger partial charge in [-0.25, -0.2) is 0 Å². The molecule has 0 spiro atoms. The van der Waals surface area contributed by atoms with Crippen molar-refractivity contribution in [2.75, 3.05) is 7.11 Å². The standard InChI is InChI=1S/C16H29N3O/c1-4-13-11-14(19(2)18-13)12-15(17)16(20-3)9-7-5-6-8-10-16/h11,15H,4-10,12,17H2,1-3H3. The van der Waals surface area contributed by atoms with Gasteiger partial charge in [-0.3, -0.25) is 4.68 Å². The van der Waals surface area contributed by atoms with Crippen molar-refractivity contribution in [1.82, 2.24) is 9.78 Å². The van der Waals surface area contributed by atoms with Crippen LogP contribution in [0.4, 0.5) is 0 Å². The van der Waals surface area contributed by atoms with Crippen molar-refractivity contribution < 1.29 is 4.74 Å². The van der Waals surface area contributed by atoms with E-state index >= 15 is 0 Å². The molecule has 1 heterocycles. The normalized spacial score (nSPS) is 20.6. The van der Waals surface area contributed by atoms with E-state index in [1.807, 2.05) is 18.8 Å². The van der Waals surface area contributed by atoms with Gasteiger partial charge in [0.2, 0.25) is 0 Å². The maximum atomic E-state index is 6.55. The molecule has 1 aliphatic rings. The molecule has 1 fully saturated rings. The highest BCUT2D eigenvalue weighted by atomic mass is 16.5. The molecule has 0 radical (unpaired) electrons. The Morgan fingerprint density at radius 1 is 1.35 bits per heavy atom. The predicted molar refractivity (Wildman–Crippen MR) is 81.7 cm³/mol. The van der Waals surface area contributed by atoms with Crippen LogP contribution in [-0.4, -0.2) is 28.5 Å². The van der Waals surface area contributed by atoms with E-state index in [9.17, 15) is 0 Å². The molecule has 0 amide bonds. The molecule has 0 saturated heterocycles. The summed E-state index contributed by atoms with van der Waals surface area (Å²) in [5, 5.41) is 4.51. The third-order valence-electron chi connectivity index (χ3n) is 4.85. The van der Waals surface area contributed by atoms with Gasteiger partial charge >= 0.3 is 0 Å². The maximum absolute atomic E-state index is 6.55. The van der Waals surface area contributed by atoms with Crippen molar-refractivity contribution in [2.45, 2.75) is 69.9 Å². The SMILES string of the molecule is CCc1cc(CC(N)C2(OC)CCCCCC2)n(C)n1. The van der Waals surface area contributed by atoms with Crippen LogP contribution in [0.5, 0.6) is 0 Å². The first-order chi connectivity index (χ1) is 9.61. The molecule has 1 atom stereocenters. The molecule has 0 aliphatic heterocycles. The van der Waals surface area contributed by atoms with Gasteiger partial charge in [0.15, 0.2) is 0 Å². The number of nitrogens with zero attached hydrogens (tertiary/aromatic N) is 2. The molecule has 2 rings (SSSR count). The number of hydrogen-bond acceptors (Lipinski definition) is 3. The first kappa shape index (κ1) is 15.5. The van der Waals surface area contributed by atoms with Crippen LogP contribution in [0.15, 0.2) is 6.07 Å². The van der Waals surface area contributed by atoms with E-state index in [1.165, 1.54) is 31.4 Å². The van der Waals surface area contributed by atoms with Gasteiger partial charge in [-0.15, -0.1) is 0 Å². The Hall–Kier alpha value is -0.870. The molecule has 1 aliphatic carbocycles.